The molecule has 1 atom stereocenters. The molecule has 100 valence electrons. The maximum Gasteiger partial charge on any atom is 0.417 e. The summed E-state index contributed by atoms with van der Waals surface area (Å²) in [5, 5.41) is 9.90. The van der Waals surface area contributed by atoms with Gasteiger partial charge < -0.3 is 5.11 Å². The van der Waals surface area contributed by atoms with Crippen LogP contribution in [0.15, 0.2) is 22.7 Å². The summed E-state index contributed by atoms with van der Waals surface area (Å²) in [5.74, 6) is 0.664. The normalized spacial score (nSPS) is 17.8. The first-order valence-electron chi connectivity index (χ1n) is 5.92. The predicted molar refractivity (Wildman–Crippen MR) is 66.1 cm³/mol. The second-order valence-electron chi connectivity index (χ2n) is 4.77. The Hall–Kier alpha value is -0.550. The van der Waals surface area contributed by atoms with Crippen molar-refractivity contribution in [2.75, 3.05) is 0 Å². The molecular weight excluding hydrogens is 309 g/mol. The zero-order valence-electron chi connectivity index (χ0n) is 9.67. The van der Waals surface area contributed by atoms with Gasteiger partial charge in [0.15, 0.2) is 0 Å². The fourth-order valence-electron chi connectivity index (χ4n) is 1.93. The molecule has 0 amide bonds. The molecule has 1 fully saturated rings. The van der Waals surface area contributed by atoms with E-state index < -0.39 is 17.8 Å². The summed E-state index contributed by atoms with van der Waals surface area (Å²) in [7, 11) is 0. The van der Waals surface area contributed by atoms with E-state index in [2.05, 4.69) is 15.9 Å². The van der Waals surface area contributed by atoms with Gasteiger partial charge in [0.25, 0.3) is 0 Å². The number of rotatable bonds is 4. The number of hydrogen-bond donors (Lipinski definition) is 1. The molecule has 1 unspecified atom stereocenters. The van der Waals surface area contributed by atoms with E-state index in [1.807, 2.05) is 0 Å². The molecule has 0 bridgehead atoms. The highest BCUT2D eigenvalue weighted by Gasteiger charge is 2.33. The van der Waals surface area contributed by atoms with Crippen LogP contribution in [0, 0.1) is 5.92 Å². The lowest BCUT2D eigenvalue weighted by Gasteiger charge is -2.15. The third kappa shape index (κ3) is 3.48. The van der Waals surface area contributed by atoms with Gasteiger partial charge in [0.1, 0.15) is 0 Å². The van der Waals surface area contributed by atoms with Crippen molar-refractivity contribution in [2.24, 2.45) is 5.92 Å². The van der Waals surface area contributed by atoms with Gasteiger partial charge >= 0.3 is 6.18 Å². The minimum Gasteiger partial charge on any atom is -0.388 e. The second kappa shape index (κ2) is 5.21. The molecule has 1 N–H and O–H groups in total. The van der Waals surface area contributed by atoms with E-state index in [4.69, 9.17) is 0 Å². The molecule has 1 aromatic rings. The van der Waals surface area contributed by atoms with Gasteiger partial charge in [0.05, 0.1) is 11.7 Å². The number of alkyl halides is 3. The van der Waals surface area contributed by atoms with Crippen LogP contribution < -0.4 is 0 Å². The Labute approximate surface area is 112 Å². The zero-order valence-corrected chi connectivity index (χ0v) is 11.3. The van der Waals surface area contributed by atoms with Crippen molar-refractivity contribution < 1.29 is 18.3 Å². The summed E-state index contributed by atoms with van der Waals surface area (Å²) >= 11 is 2.89. The first-order chi connectivity index (χ1) is 8.38. The van der Waals surface area contributed by atoms with Crippen LogP contribution >= 0.6 is 15.9 Å². The van der Waals surface area contributed by atoms with E-state index >= 15 is 0 Å². The lowest BCUT2D eigenvalue weighted by atomic mass is 10.0. The molecule has 18 heavy (non-hydrogen) atoms. The average molecular weight is 323 g/mol. The monoisotopic (exact) mass is 322 g/mol. The molecule has 0 saturated heterocycles. The lowest BCUT2D eigenvalue weighted by molar-refractivity contribution is -0.138. The molecule has 5 heteroatoms. The van der Waals surface area contributed by atoms with Gasteiger partial charge in [-0.05, 0) is 36.5 Å². The summed E-state index contributed by atoms with van der Waals surface area (Å²) < 4.78 is 38.1. The van der Waals surface area contributed by atoms with Crippen molar-refractivity contribution in [3.63, 3.8) is 0 Å². The molecule has 0 radical (unpaired) electrons. The van der Waals surface area contributed by atoms with Crippen LogP contribution in [0.4, 0.5) is 13.2 Å². The summed E-state index contributed by atoms with van der Waals surface area (Å²) in [5.41, 5.74) is -0.392. The number of hydrogen-bond acceptors (Lipinski definition) is 1. The fraction of sp³-hybridized carbons (Fsp3) is 0.538. The smallest absolute Gasteiger partial charge is 0.388 e. The predicted octanol–water partition coefficient (Wildman–Crippen LogP) is 4.69. The Balaban J connectivity index is 2.12. The van der Waals surface area contributed by atoms with Crippen LogP contribution in [-0.2, 0) is 6.18 Å². The largest absolute Gasteiger partial charge is 0.417 e. The molecular formula is C13H14BrF3O. The molecule has 0 aromatic heterocycles. The van der Waals surface area contributed by atoms with Gasteiger partial charge in [-0.25, -0.2) is 0 Å². The Kier molecular flexibility index (Phi) is 4.02. The molecule has 1 nitrogen and oxygen atoms in total. The standard InChI is InChI=1S/C13H14BrF3O/c14-11-5-4-9(7-10(11)13(15,16)17)12(18)6-3-8-1-2-8/h4-5,7-8,12,18H,1-3,6H2. The van der Waals surface area contributed by atoms with Crippen LogP contribution in [0.25, 0.3) is 0 Å². The summed E-state index contributed by atoms with van der Waals surface area (Å²) in [6.45, 7) is 0. The maximum absolute atomic E-state index is 12.7. The first kappa shape index (κ1) is 13.9. The van der Waals surface area contributed by atoms with Crippen molar-refractivity contribution in [2.45, 2.75) is 38.0 Å². The van der Waals surface area contributed by atoms with E-state index in [0.29, 0.717) is 17.9 Å². The molecule has 1 aliphatic carbocycles. The van der Waals surface area contributed by atoms with E-state index in [-0.39, 0.29) is 4.47 Å². The summed E-state index contributed by atoms with van der Waals surface area (Å²) in [4.78, 5) is 0. The number of aliphatic hydroxyl groups is 1. The van der Waals surface area contributed by atoms with Crippen LogP contribution in [-0.4, -0.2) is 5.11 Å². The molecule has 1 aromatic carbocycles. The van der Waals surface area contributed by atoms with Crippen LogP contribution in [0.5, 0.6) is 0 Å². The highest BCUT2D eigenvalue weighted by atomic mass is 79.9. The molecule has 1 saturated carbocycles. The van der Waals surface area contributed by atoms with E-state index in [9.17, 15) is 18.3 Å². The molecule has 2 rings (SSSR count). The fourth-order valence-corrected chi connectivity index (χ4v) is 2.41. The van der Waals surface area contributed by atoms with Crippen LogP contribution in [0.2, 0.25) is 0 Å². The Bertz CT molecular complexity index is 427. The summed E-state index contributed by atoms with van der Waals surface area (Å²) in [6, 6.07) is 3.91. The van der Waals surface area contributed by atoms with Crippen molar-refractivity contribution in [3.8, 4) is 0 Å². The minimum absolute atomic E-state index is 0.00754. The molecule has 0 aliphatic heterocycles. The van der Waals surface area contributed by atoms with Gasteiger partial charge in [-0.3, -0.25) is 0 Å². The van der Waals surface area contributed by atoms with Gasteiger partial charge in [0.2, 0.25) is 0 Å². The Morgan fingerprint density at radius 3 is 2.56 bits per heavy atom. The molecule has 0 heterocycles. The third-order valence-corrected chi connectivity index (χ3v) is 3.92. The van der Waals surface area contributed by atoms with E-state index in [1.54, 1.807) is 0 Å². The van der Waals surface area contributed by atoms with E-state index in [0.717, 1.165) is 12.5 Å². The quantitative estimate of drug-likeness (QED) is 0.852. The van der Waals surface area contributed by atoms with E-state index in [1.165, 1.54) is 25.0 Å². The molecule has 0 spiro atoms. The molecule has 1 aliphatic rings. The topological polar surface area (TPSA) is 20.2 Å². The van der Waals surface area contributed by atoms with Crippen molar-refractivity contribution in [1.82, 2.24) is 0 Å². The number of aliphatic hydroxyl groups excluding tert-OH is 1. The highest BCUT2D eigenvalue weighted by Crippen LogP contribution is 2.38. The van der Waals surface area contributed by atoms with Gasteiger partial charge in [-0.2, -0.15) is 13.2 Å². The SMILES string of the molecule is OC(CCC1CC1)c1ccc(Br)c(C(F)(F)F)c1. The van der Waals surface area contributed by atoms with Gasteiger partial charge in [-0.1, -0.05) is 34.8 Å². The zero-order chi connectivity index (χ0) is 13.3. The lowest BCUT2D eigenvalue weighted by Crippen LogP contribution is -2.08. The van der Waals surface area contributed by atoms with Crippen molar-refractivity contribution in [3.05, 3.63) is 33.8 Å². The second-order valence-corrected chi connectivity index (χ2v) is 5.63. The average Bonchev–Trinajstić information content (AvgIpc) is 3.08. The van der Waals surface area contributed by atoms with Gasteiger partial charge in [-0.15, -0.1) is 0 Å². The van der Waals surface area contributed by atoms with Crippen LogP contribution in [0.1, 0.15) is 42.9 Å². The van der Waals surface area contributed by atoms with Crippen molar-refractivity contribution in [1.29, 1.82) is 0 Å². The summed E-state index contributed by atoms with van der Waals surface area (Å²) in [6.07, 6.45) is -1.42. The number of halogens is 4. The first-order valence-corrected chi connectivity index (χ1v) is 6.72. The van der Waals surface area contributed by atoms with Crippen molar-refractivity contribution >= 4 is 15.9 Å². The minimum atomic E-state index is -4.40. The maximum atomic E-state index is 12.7. The Morgan fingerprint density at radius 2 is 2.00 bits per heavy atom. The number of benzene rings is 1. The third-order valence-electron chi connectivity index (χ3n) is 3.23. The highest BCUT2D eigenvalue weighted by molar-refractivity contribution is 9.10. The van der Waals surface area contributed by atoms with Gasteiger partial charge in [0, 0.05) is 4.47 Å². The van der Waals surface area contributed by atoms with Crippen LogP contribution in [0.3, 0.4) is 0 Å². The Morgan fingerprint density at radius 1 is 1.33 bits per heavy atom.